The van der Waals surface area contributed by atoms with Crippen LogP contribution in [0.2, 0.25) is 0 Å². The molecule has 0 aromatic heterocycles. The Hall–Kier alpha value is -0.100. The third-order valence-electron chi connectivity index (χ3n) is 1.58. The Morgan fingerprint density at radius 3 is 1.69 bits per heavy atom. The molecule has 0 aliphatic heterocycles. The zero-order chi connectivity index (χ0) is 12.8. The Kier molecular flexibility index (Phi) is 17.0. The fourth-order valence-corrected chi connectivity index (χ4v) is 1.56. The molecule has 1 amide bonds. The maximum atomic E-state index is 10.1. The Morgan fingerprint density at radius 1 is 0.938 bits per heavy atom. The van der Waals surface area contributed by atoms with Crippen molar-refractivity contribution >= 4 is 43.7 Å². The molecule has 6 heteroatoms. The number of nitrogens with two attached hydrogens (primary N) is 1. The van der Waals surface area contributed by atoms with Gasteiger partial charge in [0.25, 0.3) is 0 Å². The van der Waals surface area contributed by atoms with Gasteiger partial charge in [0.05, 0.1) is 0 Å². The Labute approximate surface area is 113 Å². The first-order valence-electron chi connectivity index (χ1n) is 5.16. The van der Waals surface area contributed by atoms with E-state index < -0.39 is 5.97 Å². The zero-order valence-corrected chi connectivity index (χ0v) is 12.4. The molecule has 0 aliphatic rings. The second-order valence-corrected chi connectivity index (χ2v) is 4.74. The van der Waals surface area contributed by atoms with E-state index in [4.69, 9.17) is 10.8 Å². The van der Waals surface area contributed by atoms with Gasteiger partial charge in [-0.15, -0.1) is 0 Å². The van der Waals surface area contributed by atoms with Crippen molar-refractivity contribution in [1.82, 2.24) is 0 Å². The van der Waals surface area contributed by atoms with E-state index in [1.807, 2.05) is 0 Å². The molecule has 16 heavy (non-hydrogen) atoms. The van der Waals surface area contributed by atoms with Gasteiger partial charge in [-0.2, -0.15) is 0 Å². The number of amides is 1. The summed E-state index contributed by atoms with van der Waals surface area (Å²) in [6.45, 7) is 0. The highest BCUT2D eigenvalue weighted by Crippen LogP contribution is 1.97. The van der Waals surface area contributed by atoms with Crippen molar-refractivity contribution < 1.29 is 14.7 Å². The Bertz CT molecular complexity index is 169. The lowest BCUT2D eigenvalue weighted by molar-refractivity contribution is -0.137. The van der Waals surface area contributed by atoms with Crippen molar-refractivity contribution in [3.63, 3.8) is 0 Å². The molecule has 0 saturated carbocycles. The normalized spacial score (nSPS) is 9.12. The molecule has 96 valence electrons. The largest absolute Gasteiger partial charge is 0.481 e. The van der Waals surface area contributed by atoms with Gasteiger partial charge >= 0.3 is 5.97 Å². The van der Waals surface area contributed by atoms with Gasteiger partial charge in [0.2, 0.25) is 5.91 Å². The second kappa shape index (κ2) is 14.9. The molecule has 0 heterocycles. The van der Waals surface area contributed by atoms with Crippen LogP contribution in [0.25, 0.3) is 0 Å². The van der Waals surface area contributed by atoms with Crippen LogP contribution in [0, 0.1) is 0 Å². The molecule has 0 radical (unpaired) electrons. The van der Waals surface area contributed by atoms with Crippen LogP contribution < -0.4 is 5.73 Å². The highest BCUT2D eigenvalue weighted by Gasteiger charge is 1.93. The SMILES string of the molecule is NC(=O)CCCCBr.O=C(O)CCCCBr. The maximum Gasteiger partial charge on any atom is 0.303 e. The molecule has 0 aromatic carbocycles. The molecule has 0 aromatic rings. The molecule has 0 aliphatic carbocycles. The minimum absolute atomic E-state index is 0.203. The first-order valence-corrected chi connectivity index (χ1v) is 7.41. The van der Waals surface area contributed by atoms with E-state index in [1.165, 1.54) is 0 Å². The first kappa shape index (κ1) is 18.3. The molecular formula is C10H19Br2NO3. The average molecular weight is 361 g/mol. The number of rotatable bonds is 8. The van der Waals surface area contributed by atoms with E-state index in [2.05, 4.69) is 31.9 Å². The quantitative estimate of drug-likeness (QED) is 0.515. The highest BCUT2D eigenvalue weighted by atomic mass is 79.9. The van der Waals surface area contributed by atoms with Crippen LogP contribution >= 0.6 is 31.9 Å². The molecule has 0 bridgehead atoms. The van der Waals surface area contributed by atoms with Crippen LogP contribution in [0.1, 0.15) is 38.5 Å². The van der Waals surface area contributed by atoms with Crippen molar-refractivity contribution in [2.75, 3.05) is 10.7 Å². The number of unbranched alkanes of at least 4 members (excludes halogenated alkanes) is 2. The summed E-state index contributed by atoms with van der Waals surface area (Å²) in [7, 11) is 0. The minimum Gasteiger partial charge on any atom is -0.481 e. The molecule has 0 fully saturated rings. The second-order valence-electron chi connectivity index (χ2n) is 3.15. The van der Waals surface area contributed by atoms with E-state index in [-0.39, 0.29) is 5.91 Å². The van der Waals surface area contributed by atoms with Crippen molar-refractivity contribution in [1.29, 1.82) is 0 Å². The van der Waals surface area contributed by atoms with E-state index in [0.29, 0.717) is 12.8 Å². The Morgan fingerprint density at radius 2 is 1.38 bits per heavy atom. The van der Waals surface area contributed by atoms with Gasteiger partial charge in [-0.3, -0.25) is 9.59 Å². The number of halogens is 2. The predicted molar refractivity (Wildman–Crippen MR) is 72.1 cm³/mol. The number of carbonyl (C=O) groups excluding carboxylic acids is 1. The van der Waals surface area contributed by atoms with Crippen molar-refractivity contribution in [2.24, 2.45) is 5.73 Å². The van der Waals surface area contributed by atoms with Crippen LogP contribution in [-0.4, -0.2) is 27.6 Å². The molecular weight excluding hydrogens is 342 g/mol. The third-order valence-corrected chi connectivity index (χ3v) is 2.70. The lowest BCUT2D eigenvalue weighted by Crippen LogP contribution is -2.09. The standard InChI is InChI=1S/C5H10BrNO.C5H9BrO2/c2*6-4-2-1-3-5(7)8/h1-4H2,(H2,7,8);1-4H2,(H,7,8). The molecule has 0 saturated heterocycles. The van der Waals surface area contributed by atoms with Crippen molar-refractivity contribution in [3.05, 3.63) is 0 Å². The fourth-order valence-electron chi connectivity index (χ4n) is 0.764. The number of hydrogen-bond acceptors (Lipinski definition) is 2. The van der Waals surface area contributed by atoms with Crippen molar-refractivity contribution in [3.8, 4) is 0 Å². The third kappa shape index (κ3) is 23.6. The summed E-state index contributed by atoms with van der Waals surface area (Å²) in [5.74, 6) is -0.906. The molecule has 0 rings (SSSR count). The number of aliphatic carboxylic acids is 1. The predicted octanol–water partition coefficient (Wildman–Crippen LogP) is 2.67. The Balaban J connectivity index is 0. The smallest absolute Gasteiger partial charge is 0.303 e. The minimum atomic E-state index is -0.703. The lowest BCUT2D eigenvalue weighted by Gasteiger charge is -1.89. The van der Waals surface area contributed by atoms with Crippen LogP contribution in [0.15, 0.2) is 0 Å². The van der Waals surface area contributed by atoms with E-state index in [1.54, 1.807) is 0 Å². The fraction of sp³-hybridized carbons (Fsp3) is 0.800. The molecule has 0 spiro atoms. The topological polar surface area (TPSA) is 80.4 Å². The zero-order valence-electron chi connectivity index (χ0n) is 9.25. The van der Waals surface area contributed by atoms with E-state index >= 15 is 0 Å². The number of hydrogen-bond donors (Lipinski definition) is 2. The van der Waals surface area contributed by atoms with Crippen LogP contribution in [0.3, 0.4) is 0 Å². The molecule has 0 unspecified atom stereocenters. The van der Waals surface area contributed by atoms with Gasteiger partial charge in [0.1, 0.15) is 0 Å². The van der Waals surface area contributed by atoms with Gasteiger partial charge in [0.15, 0.2) is 0 Å². The van der Waals surface area contributed by atoms with E-state index in [9.17, 15) is 9.59 Å². The molecule has 4 nitrogen and oxygen atoms in total. The van der Waals surface area contributed by atoms with Crippen LogP contribution in [0.5, 0.6) is 0 Å². The average Bonchev–Trinajstić information content (AvgIpc) is 2.18. The van der Waals surface area contributed by atoms with Gasteiger partial charge in [-0.25, -0.2) is 0 Å². The number of carboxylic acids is 1. The summed E-state index contributed by atoms with van der Waals surface area (Å²) in [5, 5.41) is 9.99. The lowest BCUT2D eigenvalue weighted by atomic mass is 10.2. The van der Waals surface area contributed by atoms with Gasteiger partial charge < -0.3 is 10.8 Å². The van der Waals surface area contributed by atoms with Gasteiger partial charge in [-0.05, 0) is 25.7 Å². The summed E-state index contributed by atoms with van der Waals surface area (Å²) in [4.78, 5) is 19.9. The summed E-state index contributed by atoms with van der Waals surface area (Å²) < 4.78 is 0. The monoisotopic (exact) mass is 359 g/mol. The maximum absolute atomic E-state index is 10.1. The van der Waals surface area contributed by atoms with Gasteiger partial charge in [-0.1, -0.05) is 31.9 Å². The van der Waals surface area contributed by atoms with Gasteiger partial charge in [0, 0.05) is 23.5 Å². The first-order chi connectivity index (χ1) is 7.54. The molecule has 3 N–H and O–H groups in total. The van der Waals surface area contributed by atoms with Crippen LogP contribution in [0.4, 0.5) is 0 Å². The highest BCUT2D eigenvalue weighted by molar-refractivity contribution is 9.09. The summed E-state index contributed by atoms with van der Waals surface area (Å²) in [6.07, 6.45) is 4.48. The van der Waals surface area contributed by atoms with Crippen LogP contribution in [-0.2, 0) is 9.59 Å². The summed E-state index contributed by atoms with van der Waals surface area (Å²) in [6, 6.07) is 0. The summed E-state index contributed by atoms with van der Waals surface area (Å²) in [5.41, 5.74) is 4.88. The number of alkyl halides is 2. The number of primary amides is 1. The summed E-state index contributed by atoms with van der Waals surface area (Å²) >= 11 is 6.45. The molecule has 0 atom stereocenters. The number of carbonyl (C=O) groups is 2. The van der Waals surface area contributed by atoms with Crippen molar-refractivity contribution in [2.45, 2.75) is 38.5 Å². The van der Waals surface area contributed by atoms with E-state index in [0.717, 1.165) is 36.3 Å². The number of carboxylic acid groups (broad SMARTS) is 1.